The minimum atomic E-state index is -1.67. The summed E-state index contributed by atoms with van der Waals surface area (Å²) >= 11 is -2.58. The van der Waals surface area contributed by atoms with Gasteiger partial charge >= 0.3 is 29.3 Å². The van der Waals surface area contributed by atoms with E-state index in [4.69, 9.17) is 7.00 Å². The number of hydrogen-bond acceptors (Lipinski definition) is 2. The van der Waals surface area contributed by atoms with Gasteiger partial charge in [-0.05, 0) is 0 Å². The summed E-state index contributed by atoms with van der Waals surface area (Å²) in [5.74, 6) is 5.88. The average molecular weight is 132 g/mol. The number of hydrogen-bond donors (Lipinski definition) is 1. The summed E-state index contributed by atoms with van der Waals surface area (Å²) < 4.78 is 13.8. The normalized spacial score (nSPS) is 8.57. The Bertz CT molecular complexity index is 40.2. The maximum atomic E-state index is 8.67. The summed E-state index contributed by atoms with van der Waals surface area (Å²) in [5.41, 5.74) is 0. The van der Waals surface area contributed by atoms with Gasteiger partial charge in [0.05, 0.1) is 0 Å². The van der Waals surface area contributed by atoms with Crippen molar-refractivity contribution in [3.8, 4) is 0 Å². The minimum absolute atomic E-state index is 0.917. The van der Waals surface area contributed by atoms with Gasteiger partial charge in [0, 0.05) is 0 Å². The molecule has 0 heterocycles. The lowest BCUT2D eigenvalue weighted by Crippen LogP contribution is -2.20. The molecule has 0 aromatic rings. The van der Waals surface area contributed by atoms with E-state index < -0.39 is 29.3 Å². The Labute approximate surface area is 53.9 Å². The molecule has 0 spiro atoms. The first-order valence-electron chi connectivity index (χ1n) is 2.46. The Morgan fingerprint density at radius 1 is 1.29 bits per heavy atom. The van der Waals surface area contributed by atoms with E-state index in [-0.39, 0.29) is 0 Å². The fourth-order valence-corrected chi connectivity index (χ4v) is 3.54. The molecule has 0 aliphatic carbocycles. The molecule has 40 valence electrons. The highest BCUT2D eigenvalue weighted by Crippen LogP contribution is 1.84. The standard InChI is InChI=1S/3CH3.2Al.H2O.O/h3*1H3;;;1H2;/q;;;;+1;;/p-1. The van der Waals surface area contributed by atoms with Gasteiger partial charge in [0.25, 0.3) is 0 Å². The summed E-state index contributed by atoms with van der Waals surface area (Å²) in [6.45, 7) is 0. The summed E-state index contributed by atoms with van der Waals surface area (Å²) in [5, 5.41) is 0. The smallest absolute Gasteiger partial charge is 0.614 e. The molecule has 0 saturated carbocycles. The molecule has 0 aromatic carbocycles. The van der Waals surface area contributed by atoms with Gasteiger partial charge in [0.2, 0.25) is 0 Å². The van der Waals surface area contributed by atoms with Crippen molar-refractivity contribution in [3.63, 3.8) is 0 Å². The van der Waals surface area contributed by atoms with Crippen molar-refractivity contribution in [1.82, 2.24) is 0 Å². The predicted octanol–water partition coefficient (Wildman–Crippen LogP) is 0.364. The van der Waals surface area contributed by atoms with Crippen LogP contribution < -0.4 is 0 Å². The van der Waals surface area contributed by atoms with E-state index in [0.717, 1.165) is 0 Å². The molecule has 2 nitrogen and oxygen atoms in total. The molecule has 0 rings (SSSR count). The Morgan fingerprint density at radius 2 is 1.71 bits per heavy atom. The molecule has 0 radical (unpaired) electrons. The van der Waals surface area contributed by atoms with Crippen molar-refractivity contribution < 1.29 is 7.00 Å². The van der Waals surface area contributed by atoms with E-state index in [2.05, 4.69) is 11.6 Å². The van der Waals surface area contributed by atoms with Gasteiger partial charge in [-0.25, -0.2) is 0 Å². The van der Waals surface area contributed by atoms with Crippen LogP contribution in [-0.4, -0.2) is 33.5 Å². The molecule has 0 fully saturated rings. The van der Waals surface area contributed by atoms with E-state index >= 15 is 0 Å². The zero-order chi connectivity index (χ0) is 5.86. The number of rotatable bonds is 2. The van der Waals surface area contributed by atoms with Crippen LogP contribution in [0.5, 0.6) is 0 Å². The largest absolute Gasteiger partial charge is 0.637 e. The van der Waals surface area contributed by atoms with Gasteiger partial charge < -0.3 is 7.00 Å². The van der Waals surface area contributed by atoms with Gasteiger partial charge in [-0.1, -0.05) is 17.4 Å². The first-order valence-corrected chi connectivity index (χ1v) is 7.38. The summed E-state index contributed by atoms with van der Waals surface area (Å²) in [7, 11) is 0. The Hall–Kier alpha value is 0.985. The SMILES string of the molecule is [CH3][Al]([CH3])[O][Al]([CH3])[OH]. The van der Waals surface area contributed by atoms with Crippen LogP contribution in [0.25, 0.3) is 0 Å². The second-order valence-corrected chi connectivity index (χ2v) is 6.17. The molecule has 0 saturated heterocycles. The Balaban J connectivity index is 2.95. The van der Waals surface area contributed by atoms with Crippen LogP contribution in [-0.2, 0) is 2.84 Å². The van der Waals surface area contributed by atoms with Gasteiger partial charge in [0.15, 0.2) is 0 Å². The van der Waals surface area contributed by atoms with Crippen LogP contribution in [0.4, 0.5) is 0 Å². The fourth-order valence-electron chi connectivity index (χ4n) is 0.394. The third-order valence-corrected chi connectivity index (χ3v) is 4.22. The van der Waals surface area contributed by atoms with E-state index in [1.165, 1.54) is 0 Å². The van der Waals surface area contributed by atoms with E-state index in [1.54, 1.807) is 5.79 Å². The van der Waals surface area contributed by atoms with Crippen molar-refractivity contribution >= 4 is 29.3 Å². The van der Waals surface area contributed by atoms with Crippen LogP contribution in [0.2, 0.25) is 17.4 Å². The molecular formula is C3H10Al2O2. The first-order chi connectivity index (χ1) is 3.13. The zero-order valence-corrected chi connectivity index (χ0v) is 7.32. The molecule has 0 atom stereocenters. The molecule has 4 heteroatoms. The molecule has 0 aliphatic rings. The maximum absolute atomic E-state index is 8.67. The van der Waals surface area contributed by atoms with Crippen LogP contribution >= 0.6 is 0 Å². The average Bonchev–Trinajstić information content (AvgIpc) is 1.27. The quantitative estimate of drug-likeness (QED) is 0.550. The third kappa shape index (κ3) is 6.98. The van der Waals surface area contributed by atoms with Crippen molar-refractivity contribution in [2.24, 2.45) is 0 Å². The summed E-state index contributed by atoms with van der Waals surface area (Å²) in [4.78, 5) is 0. The molecular weight excluding hydrogens is 122 g/mol. The lowest BCUT2D eigenvalue weighted by Gasteiger charge is -2.01. The van der Waals surface area contributed by atoms with Crippen molar-refractivity contribution in [2.75, 3.05) is 0 Å². The van der Waals surface area contributed by atoms with E-state index in [9.17, 15) is 0 Å². The van der Waals surface area contributed by atoms with Crippen molar-refractivity contribution in [2.45, 2.75) is 17.4 Å². The van der Waals surface area contributed by atoms with Crippen LogP contribution in [0.1, 0.15) is 0 Å². The lowest BCUT2D eigenvalue weighted by molar-refractivity contribution is 0.433. The fraction of sp³-hybridized carbons (Fsp3) is 1.00. The van der Waals surface area contributed by atoms with Gasteiger partial charge in [-0.15, -0.1) is 0 Å². The van der Waals surface area contributed by atoms with Crippen molar-refractivity contribution in [3.05, 3.63) is 0 Å². The highest BCUT2D eigenvalue weighted by molar-refractivity contribution is 6.60. The first kappa shape index (κ1) is 7.98. The van der Waals surface area contributed by atoms with E-state index in [1.807, 2.05) is 0 Å². The molecule has 0 unspecified atom stereocenters. The highest BCUT2D eigenvalue weighted by Gasteiger charge is 2.14. The molecule has 0 aromatic heterocycles. The monoisotopic (exact) mass is 132 g/mol. The lowest BCUT2D eigenvalue weighted by atomic mass is 11.9. The highest BCUT2D eigenvalue weighted by atomic mass is 27.3. The van der Waals surface area contributed by atoms with Gasteiger partial charge in [0.1, 0.15) is 0 Å². The van der Waals surface area contributed by atoms with E-state index in [0.29, 0.717) is 0 Å². The molecule has 1 N–H and O–H groups in total. The summed E-state index contributed by atoms with van der Waals surface area (Å²) in [6, 6.07) is 0. The predicted molar refractivity (Wildman–Crippen MR) is 32.4 cm³/mol. The second-order valence-electron chi connectivity index (χ2n) is 1.78. The molecule has 0 bridgehead atoms. The Kier molecular flexibility index (Phi) is 4.48. The van der Waals surface area contributed by atoms with Gasteiger partial charge in [-0.2, -0.15) is 0 Å². The maximum Gasteiger partial charge on any atom is 0.637 e. The molecule has 0 aliphatic heterocycles. The van der Waals surface area contributed by atoms with Crippen molar-refractivity contribution in [1.29, 1.82) is 0 Å². The molecule has 0 amide bonds. The van der Waals surface area contributed by atoms with Gasteiger partial charge in [-0.3, -0.25) is 0 Å². The summed E-state index contributed by atoms with van der Waals surface area (Å²) in [6.07, 6.45) is 0. The van der Waals surface area contributed by atoms with Crippen LogP contribution in [0, 0.1) is 0 Å². The Morgan fingerprint density at radius 3 is 1.71 bits per heavy atom. The third-order valence-electron chi connectivity index (χ3n) is 0.469. The van der Waals surface area contributed by atoms with Crippen LogP contribution in [0.15, 0.2) is 0 Å². The zero-order valence-electron chi connectivity index (χ0n) is 5.01. The topological polar surface area (TPSA) is 29.5 Å². The second kappa shape index (κ2) is 3.92. The van der Waals surface area contributed by atoms with Crippen LogP contribution in [0.3, 0.4) is 0 Å². The minimum Gasteiger partial charge on any atom is -0.614 e. The molecule has 7 heavy (non-hydrogen) atoms.